The molecule has 0 fully saturated rings. The van der Waals surface area contributed by atoms with Crippen LogP contribution in [0.5, 0.6) is 0 Å². The number of hydrogen-bond donors (Lipinski definition) is 8. The SMILES string of the molecule is CC(N)C(=O)NC(CCCCN)C(=O)NC(CCCN=C(N)N)C(=O)NC(C)C(=O)O. The Hall–Kier alpha value is -2.93. The van der Waals surface area contributed by atoms with Gasteiger partial charge in [0, 0.05) is 6.54 Å². The van der Waals surface area contributed by atoms with E-state index in [1.807, 2.05) is 0 Å². The molecule has 0 saturated heterocycles. The minimum Gasteiger partial charge on any atom is -0.480 e. The maximum atomic E-state index is 12.8. The average molecular weight is 445 g/mol. The van der Waals surface area contributed by atoms with E-state index in [1.54, 1.807) is 0 Å². The van der Waals surface area contributed by atoms with Crippen LogP contribution in [0.1, 0.15) is 46.0 Å². The first-order valence-electron chi connectivity index (χ1n) is 10.1. The summed E-state index contributed by atoms with van der Waals surface area (Å²) in [4.78, 5) is 52.2. The molecule has 13 heteroatoms. The Kier molecular flexibility index (Phi) is 13.5. The lowest BCUT2D eigenvalue weighted by atomic mass is 10.1. The molecule has 0 aliphatic carbocycles. The van der Waals surface area contributed by atoms with Crippen LogP contribution in [0.2, 0.25) is 0 Å². The molecule has 178 valence electrons. The van der Waals surface area contributed by atoms with Crippen LogP contribution in [0, 0.1) is 0 Å². The number of nitrogens with two attached hydrogens (primary N) is 4. The summed E-state index contributed by atoms with van der Waals surface area (Å²) in [5.41, 5.74) is 21.6. The van der Waals surface area contributed by atoms with Gasteiger partial charge in [-0.25, -0.2) is 0 Å². The molecular weight excluding hydrogens is 408 g/mol. The van der Waals surface area contributed by atoms with Gasteiger partial charge in [0.15, 0.2) is 5.96 Å². The maximum absolute atomic E-state index is 12.8. The van der Waals surface area contributed by atoms with Crippen LogP contribution >= 0.6 is 0 Å². The Morgan fingerprint density at radius 2 is 1.39 bits per heavy atom. The van der Waals surface area contributed by atoms with E-state index in [0.717, 1.165) is 0 Å². The van der Waals surface area contributed by atoms with Crippen molar-refractivity contribution in [1.82, 2.24) is 16.0 Å². The fourth-order valence-corrected chi connectivity index (χ4v) is 2.49. The van der Waals surface area contributed by atoms with Crippen molar-refractivity contribution >= 4 is 29.7 Å². The van der Waals surface area contributed by atoms with Crippen molar-refractivity contribution < 1.29 is 24.3 Å². The van der Waals surface area contributed by atoms with Crippen molar-refractivity contribution in [2.75, 3.05) is 13.1 Å². The van der Waals surface area contributed by atoms with E-state index in [9.17, 15) is 19.2 Å². The Morgan fingerprint density at radius 3 is 1.87 bits per heavy atom. The molecule has 12 N–H and O–H groups in total. The van der Waals surface area contributed by atoms with Crippen LogP contribution in [0.4, 0.5) is 0 Å². The van der Waals surface area contributed by atoms with Crippen LogP contribution in [-0.4, -0.2) is 72.0 Å². The summed E-state index contributed by atoms with van der Waals surface area (Å²) >= 11 is 0. The van der Waals surface area contributed by atoms with Gasteiger partial charge in [-0.1, -0.05) is 0 Å². The highest BCUT2D eigenvalue weighted by Crippen LogP contribution is 2.05. The summed E-state index contributed by atoms with van der Waals surface area (Å²) in [6.45, 7) is 3.44. The predicted molar refractivity (Wildman–Crippen MR) is 116 cm³/mol. The number of nitrogens with zero attached hydrogens (tertiary/aromatic N) is 1. The number of aliphatic carboxylic acids is 1. The molecule has 3 amide bonds. The molecule has 0 spiro atoms. The Labute approximate surface area is 181 Å². The molecule has 0 saturated carbocycles. The zero-order valence-electron chi connectivity index (χ0n) is 18.1. The van der Waals surface area contributed by atoms with E-state index in [1.165, 1.54) is 13.8 Å². The van der Waals surface area contributed by atoms with Gasteiger partial charge in [-0.3, -0.25) is 24.2 Å². The second kappa shape index (κ2) is 15.0. The quantitative estimate of drug-likeness (QED) is 0.0731. The molecule has 4 atom stereocenters. The molecule has 0 aromatic rings. The van der Waals surface area contributed by atoms with Gasteiger partial charge in [0.05, 0.1) is 6.04 Å². The lowest BCUT2D eigenvalue weighted by Crippen LogP contribution is -2.56. The van der Waals surface area contributed by atoms with E-state index in [4.69, 9.17) is 28.0 Å². The molecule has 31 heavy (non-hydrogen) atoms. The fourth-order valence-electron chi connectivity index (χ4n) is 2.49. The van der Waals surface area contributed by atoms with Gasteiger partial charge in [0.25, 0.3) is 0 Å². The summed E-state index contributed by atoms with van der Waals surface area (Å²) in [6, 6.07) is -3.94. The van der Waals surface area contributed by atoms with E-state index < -0.39 is 47.9 Å². The van der Waals surface area contributed by atoms with Gasteiger partial charge in [-0.2, -0.15) is 0 Å². The number of unbranched alkanes of at least 4 members (excludes halogenated alkanes) is 1. The Balaban J connectivity index is 5.31. The number of nitrogens with one attached hydrogen (secondary N) is 3. The molecule has 0 rings (SSSR count). The first-order chi connectivity index (χ1) is 14.5. The van der Waals surface area contributed by atoms with Crippen molar-refractivity contribution in [3.63, 3.8) is 0 Å². The Bertz CT molecular complexity index is 636. The second-order valence-corrected chi connectivity index (χ2v) is 7.21. The lowest BCUT2D eigenvalue weighted by molar-refractivity contribution is -0.141. The number of guanidine groups is 1. The number of amides is 3. The first-order valence-corrected chi connectivity index (χ1v) is 10.1. The third kappa shape index (κ3) is 12.4. The van der Waals surface area contributed by atoms with Gasteiger partial charge in [0.1, 0.15) is 18.1 Å². The predicted octanol–water partition coefficient (Wildman–Crippen LogP) is -2.92. The fraction of sp³-hybridized carbons (Fsp3) is 0.722. The summed E-state index contributed by atoms with van der Waals surface area (Å²) in [6.07, 6.45) is 2.02. The van der Waals surface area contributed by atoms with Crippen molar-refractivity contribution in [1.29, 1.82) is 0 Å². The standard InChI is InChI=1S/C18H36N8O5/c1-10(20)14(27)25-12(6-3-4-8-19)16(29)26-13(7-5-9-23-18(21)22)15(28)24-11(2)17(30)31/h10-13H,3-9,19-20H2,1-2H3,(H,24,28)(H,25,27)(H,26,29)(H,30,31)(H4,21,22,23). The zero-order chi connectivity index (χ0) is 24.0. The Morgan fingerprint density at radius 1 is 0.871 bits per heavy atom. The molecular formula is C18H36N8O5. The maximum Gasteiger partial charge on any atom is 0.325 e. The van der Waals surface area contributed by atoms with Crippen LogP contribution in [-0.2, 0) is 19.2 Å². The molecule has 0 bridgehead atoms. The zero-order valence-corrected chi connectivity index (χ0v) is 18.1. The van der Waals surface area contributed by atoms with Crippen LogP contribution in [0.15, 0.2) is 4.99 Å². The number of carbonyl (C=O) groups excluding carboxylic acids is 3. The summed E-state index contributed by atoms with van der Waals surface area (Å²) in [7, 11) is 0. The topological polar surface area (TPSA) is 241 Å². The van der Waals surface area contributed by atoms with Gasteiger partial charge in [-0.05, 0) is 52.5 Å². The molecule has 0 heterocycles. The molecule has 0 aromatic heterocycles. The lowest BCUT2D eigenvalue weighted by Gasteiger charge is -2.24. The van der Waals surface area contributed by atoms with Crippen molar-refractivity contribution in [2.24, 2.45) is 27.9 Å². The van der Waals surface area contributed by atoms with E-state index in [0.29, 0.717) is 32.2 Å². The summed E-state index contributed by atoms with van der Waals surface area (Å²) in [5, 5.41) is 16.5. The number of rotatable bonds is 15. The van der Waals surface area contributed by atoms with Gasteiger partial charge < -0.3 is 44.0 Å². The van der Waals surface area contributed by atoms with Crippen molar-refractivity contribution in [2.45, 2.75) is 70.1 Å². The highest BCUT2D eigenvalue weighted by Gasteiger charge is 2.28. The molecule has 0 aliphatic rings. The van der Waals surface area contributed by atoms with Crippen LogP contribution in [0.3, 0.4) is 0 Å². The van der Waals surface area contributed by atoms with Crippen molar-refractivity contribution in [3.8, 4) is 0 Å². The minimum absolute atomic E-state index is 0.108. The molecule has 0 radical (unpaired) electrons. The third-order valence-electron chi connectivity index (χ3n) is 4.30. The normalized spacial score (nSPS) is 14.5. The monoisotopic (exact) mass is 444 g/mol. The van der Waals surface area contributed by atoms with E-state index in [2.05, 4.69) is 20.9 Å². The first kappa shape index (κ1) is 28.1. The highest BCUT2D eigenvalue weighted by molar-refractivity contribution is 5.93. The van der Waals surface area contributed by atoms with Gasteiger partial charge in [-0.15, -0.1) is 0 Å². The molecule has 0 aromatic carbocycles. The molecule has 0 aliphatic heterocycles. The average Bonchev–Trinajstić information content (AvgIpc) is 2.68. The number of carboxylic acid groups (broad SMARTS) is 1. The smallest absolute Gasteiger partial charge is 0.325 e. The number of carboxylic acids is 1. The summed E-state index contributed by atoms with van der Waals surface area (Å²) in [5.74, 6) is -3.10. The molecule has 13 nitrogen and oxygen atoms in total. The second-order valence-electron chi connectivity index (χ2n) is 7.21. The number of aliphatic imine (C=N–C) groups is 1. The largest absolute Gasteiger partial charge is 0.480 e. The van der Waals surface area contributed by atoms with Crippen LogP contribution < -0.4 is 38.9 Å². The number of carbonyl (C=O) groups is 4. The minimum atomic E-state index is -1.22. The van der Waals surface area contributed by atoms with Gasteiger partial charge >= 0.3 is 5.97 Å². The summed E-state index contributed by atoms with van der Waals surface area (Å²) < 4.78 is 0. The van der Waals surface area contributed by atoms with Crippen molar-refractivity contribution in [3.05, 3.63) is 0 Å². The van der Waals surface area contributed by atoms with E-state index in [-0.39, 0.29) is 18.9 Å². The van der Waals surface area contributed by atoms with Crippen LogP contribution in [0.25, 0.3) is 0 Å². The number of hydrogen-bond acceptors (Lipinski definition) is 7. The van der Waals surface area contributed by atoms with E-state index >= 15 is 0 Å². The third-order valence-corrected chi connectivity index (χ3v) is 4.30. The molecule has 4 unspecified atom stereocenters. The van der Waals surface area contributed by atoms with Gasteiger partial charge in [0.2, 0.25) is 17.7 Å². The highest BCUT2D eigenvalue weighted by atomic mass is 16.4.